The molecule has 28 heavy (non-hydrogen) atoms. The number of aromatic amines is 1. The first kappa shape index (κ1) is 18.8. The van der Waals surface area contributed by atoms with E-state index in [9.17, 15) is 14.4 Å². The van der Waals surface area contributed by atoms with Crippen LogP contribution in [0.25, 0.3) is 0 Å². The number of H-pyrrole nitrogens is 1. The number of ether oxygens (including phenoxy) is 1. The van der Waals surface area contributed by atoms with Crippen LogP contribution in [0.3, 0.4) is 0 Å². The van der Waals surface area contributed by atoms with Gasteiger partial charge in [-0.25, -0.2) is 9.78 Å². The molecule has 8 heteroatoms. The van der Waals surface area contributed by atoms with E-state index in [0.29, 0.717) is 23.7 Å². The Morgan fingerprint density at radius 1 is 1.11 bits per heavy atom. The van der Waals surface area contributed by atoms with Gasteiger partial charge in [0, 0.05) is 18.2 Å². The summed E-state index contributed by atoms with van der Waals surface area (Å²) in [6.45, 7) is 0. The molecule has 0 radical (unpaired) electrons. The predicted octanol–water partition coefficient (Wildman–Crippen LogP) is 2.32. The van der Waals surface area contributed by atoms with Crippen LogP contribution in [-0.2, 0) is 6.42 Å². The van der Waals surface area contributed by atoms with Crippen molar-refractivity contribution < 1.29 is 19.4 Å². The zero-order chi connectivity index (χ0) is 20.1. The minimum atomic E-state index is -1.06. The molecule has 0 atom stereocenters. The van der Waals surface area contributed by atoms with Gasteiger partial charge < -0.3 is 20.1 Å². The molecule has 1 aromatic heterocycles. The molecule has 0 aliphatic carbocycles. The summed E-state index contributed by atoms with van der Waals surface area (Å²) in [6, 6.07) is 14.1. The van der Waals surface area contributed by atoms with E-state index in [1.54, 1.807) is 19.2 Å². The summed E-state index contributed by atoms with van der Waals surface area (Å²) in [7, 11) is 1.57. The lowest BCUT2D eigenvalue weighted by molar-refractivity contribution is 0.0696. The molecular weight excluding hydrogens is 362 g/mol. The SMILES string of the molecule is COc1ccc(Cc2nc(C(=O)Nc3ccc(C(=O)O)cc3)cc(=O)[nH]2)cc1. The third-order valence-corrected chi connectivity index (χ3v) is 3.94. The van der Waals surface area contributed by atoms with Crippen LogP contribution in [0.15, 0.2) is 59.4 Å². The number of carbonyl (C=O) groups excluding carboxylic acids is 1. The van der Waals surface area contributed by atoms with E-state index in [1.165, 1.54) is 24.3 Å². The van der Waals surface area contributed by atoms with E-state index in [1.807, 2.05) is 12.1 Å². The van der Waals surface area contributed by atoms with E-state index in [-0.39, 0.29) is 11.3 Å². The average molecular weight is 379 g/mol. The third kappa shape index (κ3) is 4.61. The number of carboxylic acids is 1. The zero-order valence-corrected chi connectivity index (χ0v) is 14.9. The van der Waals surface area contributed by atoms with Crippen LogP contribution in [0.1, 0.15) is 32.2 Å². The molecule has 8 nitrogen and oxygen atoms in total. The number of nitrogens with one attached hydrogen (secondary N) is 2. The minimum absolute atomic E-state index is 0.0328. The van der Waals surface area contributed by atoms with E-state index >= 15 is 0 Å². The molecular formula is C20H17N3O5. The standard InChI is InChI=1S/C20H17N3O5/c1-28-15-8-2-12(3-9-15)10-17-22-16(11-18(24)23-17)19(25)21-14-6-4-13(5-7-14)20(26)27/h2-9,11H,10H2,1H3,(H,21,25)(H,26,27)(H,22,23,24). The van der Waals surface area contributed by atoms with Gasteiger partial charge in [-0.15, -0.1) is 0 Å². The second-order valence-electron chi connectivity index (χ2n) is 5.94. The Morgan fingerprint density at radius 2 is 1.79 bits per heavy atom. The Kier molecular flexibility index (Phi) is 5.50. The first-order valence-electron chi connectivity index (χ1n) is 8.32. The fraction of sp³-hybridized carbons (Fsp3) is 0.100. The van der Waals surface area contributed by atoms with Gasteiger partial charge >= 0.3 is 5.97 Å². The number of hydrogen-bond donors (Lipinski definition) is 3. The molecule has 142 valence electrons. The van der Waals surface area contributed by atoms with Gasteiger partial charge in [-0.05, 0) is 42.0 Å². The second kappa shape index (κ2) is 8.17. The third-order valence-electron chi connectivity index (χ3n) is 3.94. The van der Waals surface area contributed by atoms with Gasteiger partial charge in [-0.2, -0.15) is 0 Å². The fourth-order valence-corrected chi connectivity index (χ4v) is 2.54. The van der Waals surface area contributed by atoms with Gasteiger partial charge in [-0.3, -0.25) is 9.59 Å². The quantitative estimate of drug-likeness (QED) is 0.604. The van der Waals surface area contributed by atoms with Crippen molar-refractivity contribution in [3.8, 4) is 5.75 Å². The number of aromatic carboxylic acids is 1. The van der Waals surface area contributed by atoms with E-state index in [4.69, 9.17) is 9.84 Å². The van der Waals surface area contributed by atoms with Crippen LogP contribution in [0.5, 0.6) is 5.75 Å². The predicted molar refractivity (Wildman–Crippen MR) is 102 cm³/mol. The van der Waals surface area contributed by atoms with Crippen molar-refractivity contribution >= 4 is 17.6 Å². The van der Waals surface area contributed by atoms with E-state index in [0.717, 1.165) is 11.6 Å². The Morgan fingerprint density at radius 3 is 2.39 bits per heavy atom. The molecule has 0 fully saturated rings. The summed E-state index contributed by atoms with van der Waals surface area (Å²) in [5, 5.41) is 11.5. The molecule has 0 saturated carbocycles. The number of benzene rings is 2. The van der Waals surface area contributed by atoms with Gasteiger partial charge in [-0.1, -0.05) is 12.1 Å². The molecule has 3 N–H and O–H groups in total. The molecule has 0 unspecified atom stereocenters. The number of nitrogens with zero attached hydrogens (tertiary/aromatic N) is 1. The number of carboxylic acid groups (broad SMARTS) is 1. The first-order valence-corrected chi connectivity index (χ1v) is 8.32. The minimum Gasteiger partial charge on any atom is -0.497 e. The monoisotopic (exact) mass is 379 g/mol. The number of anilines is 1. The normalized spacial score (nSPS) is 10.3. The highest BCUT2D eigenvalue weighted by atomic mass is 16.5. The van der Waals surface area contributed by atoms with E-state index in [2.05, 4.69) is 15.3 Å². The molecule has 1 heterocycles. The maximum Gasteiger partial charge on any atom is 0.335 e. The Balaban J connectivity index is 1.76. The van der Waals surface area contributed by atoms with E-state index < -0.39 is 17.4 Å². The van der Waals surface area contributed by atoms with Crippen molar-refractivity contribution in [1.82, 2.24) is 9.97 Å². The van der Waals surface area contributed by atoms with Crippen molar-refractivity contribution in [3.63, 3.8) is 0 Å². The van der Waals surface area contributed by atoms with Crippen LogP contribution in [-0.4, -0.2) is 34.1 Å². The molecule has 0 aliphatic heterocycles. The highest BCUT2D eigenvalue weighted by Crippen LogP contribution is 2.14. The number of amides is 1. The summed E-state index contributed by atoms with van der Waals surface area (Å²) < 4.78 is 5.11. The molecule has 3 aromatic rings. The largest absolute Gasteiger partial charge is 0.497 e. The lowest BCUT2D eigenvalue weighted by Crippen LogP contribution is -2.20. The maximum absolute atomic E-state index is 12.4. The molecule has 0 spiro atoms. The summed E-state index contributed by atoms with van der Waals surface area (Å²) in [4.78, 5) is 42.0. The van der Waals surface area contributed by atoms with Crippen LogP contribution >= 0.6 is 0 Å². The average Bonchev–Trinajstić information content (AvgIpc) is 2.68. The van der Waals surface area contributed by atoms with Gasteiger partial charge in [0.05, 0.1) is 12.7 Å². The summed E-state index contributed by atoms with van der Waals surface area (Å²) in [6.07, 6.45) is 0.341. The van der Waals surface area contributed by atoms with Crippen molar-refractivity contribution in [2.45, 2.75) is 6.42 Å². The highest BCUT2D eigenvalue weighted by molar-refractivity contribution is 6.03. The smallest absolute Gasteiger partial charge is 0.335 e. The number of rotatable bonds is 6. The Hall–Kier alpha value is -3.94. The molecule has 0 bridgehead atoms. The van der Waals surface area contributed by atoms with Crippen molar-refractivity contribution in [3.05, 3.63) is 87.6 Å². The summed E-state index contributed by atoms with van der Waals surface area (Å²) in [5.74, 6) is -0.557. The maximum atomic E-state index is 12.4. The second-order valence-corrected chi connectivity index (χ2v) is 5.94. The van der Waals surface area contributed by atoms with Gasteiger partial charge in [0.2, 0.25) is 0 Å². The molecule has 0 aliphatic rings. The highest BCUT2D eigenvalue weighted by Gasteiger charge is 2.12. The van der Waals surface area contributed by atoms with Gasteiger partial charge in [0.25, 0.3) is 11.5 Å². The topological polar surface area (TPSA) is 121 Å². The number of methoxy groups -OCH3 is 1. The Bertz CT molecular complexity index is 1060. The van der Waals surface area contributed by atoms with Gasteiger partial charge in [0.1, 0.15) is 17.3 Å². The number of hydrogen-bond acceptors (Lipinski definition) is 5. The fourth-order valence-electron chi connectivity index (χ4n) is 2.54. The van der Waals surface area contributed by atoms with Crippen LogP contribution < -0.4 is 15.6 Å². The number of carbonyl (C=O) groups is 2. The lowest BCUT2D eigenvalue weighted by Gasteiger charge is -2.07. The number of aromatic nitrogens is 2. The first-order chi connectivity index (χ1) is 13.4. The Labute approximate surface area is 159 Å². The van der Waals surface area contributed by atoms with Crippen molar-refractivity contribution in [1.29, 1.82) is 0 Å². The molecule has 2 aromatic carbocycles. The van der Waals surface area contributed by atoms with Crippen LogP contribution in [0, 0.1) is 0 Å². The molecule has 0 saturated heterocycles. The summed E-state index contributed by atoms with van der Waals surface area (Å²) in [5.41, 5.74) is 0.924. The van der Waals surface area contributed by atoms with Crippen LogP contribution in [0.4, 0.5) is 5.69 Å². The van der Waals surface area contributed by atoms with Crippen molar-refractivity contribution in [2.75, 3.05) is 12.4 Å². The zero-order valence-electron chi connectivity index (χ0n) is 14.9. The summed E-state index contributed by atoms with van der Waals surface area (Å²) >= 11 is 0. The van der Waals surface area contributed by atoms with Crippen molar-refractivity contribution in [2.24, 2.45) is 0 Å². The molecule has 3 rings (SSSR count). The lowest BCUT2D eigenvalue weighted by atomic mass is 10.1. The van der Waals surface area contributed by atoms with Gasteiger partial charge in [0.15, 0.2) is 0 Å². The molecule has 1 amide bonds. The van der Waals surface area contributed by atoms with Crippen LogP contribution in [0.2, 0.25) is 0 Å².